The largest absolute Gasteiger partial charge is 0.480 e. The molecule has 2 atom stereocenters. The van der Waals surface area contributed by atoms with Crippen LogP contribution in [-0.2, 0) is 16.0 Å². The Hall–Kier alpha value is -1.84. The molecule has 4 nitrogen and oxygen atoms in total. The molecule has 4 heteroatoms. The monoisotopic (exact) mass is 289 g/mol. The molecule has 1 fully saturated rings. The van der Waals surface area contributed by atoms with E-state index in [2.05, 4.69) is 0 Å². The lowest BCUT2D eigenvalue weighted by Crippen LogP contribution is -2.50. The Labute approximate surface area is 125 Å². The first-order valence-corrected chi connectivity index (χ1v) is 7.47. The Balaban J connectivity index is 2.10. The van der Waals surface area contributed by atoms with Crippen LogP contribution in [0.15, 0.2) is 18.2 Å². The van der Waals surface area contributed by atoms with Crippen LogP contribution in [0.5, 0.6) is 0 Å². The lowest BCUT2D eigenvalue weighted by molar-refractivity contribution is -0.152. The Morgan fingerprint density at radius 1 is 1.29 bits per heavy atom. The van der Waals surface area contributed by atoms with Gasteiger partial charge in [-0.3, -0.25) is 4.79 Å². The van der Waals surface area contributed by atoms with Crippen molar-refractivity contribution in [3.05, 3.63) is 34.9 Å². The summed E-state index contributed by atoms with van der Waals surface area (Å²) in [6.45, 7) is 6.64. The van der Waals surface area contributed by atoms with E-state index in [4.69, 9.17) is 0 Å². The van der Waals surface area contributed by atoms with Crippen molar-refractivity contribution < 1.29 is 14.7 Å². The molecule has 0 spiro atoms. The van der Waals surface area contributed by atoms with Crippen LogP contribution in [0.3, 0.4) is 0 Å². The third-order valence-corrected chi connectivity index (χ3v) is 4.40. The normalized spacial score (nSPS) is 22.1. The van der Waals surface area contributed by atoms with Crippen molar-refractivity contribution in [3.63, 3.8) is 0 Å². The van der Waals surface area contributed by atoms with Gasteiger partial charge in [-0.05, 0) is 49.3 Å². The highest BCUT2D eigenvalue weighted by Gasteiger charge is 2.34. The molecular weight excluding hydrogens is 266 g/mol. The molecule has 1 aromatic carbocycles. The fraction of sp³-hybridized carbons (Fsp3) is 0.529. The number of hydrogen-bond donors (Lipinski definition) is 1. The quantitative estimate of drug-likeness (QED) is 0.930. The van der Waals surface area contributed by atoms with Gasteiger partial charge >= 0.3 is 5.97 Å². The molecule has 0 aliphatic carbocycles. The van der Waals surface area contributed by atoms with Gasteiger partial charge in [0.2, 0.25) is 5.91 Å². The zero-order valence-corrected chi connectivity index (χ0v) is 12.9. The van der Waals surface area contributed by atoms with Crippen LogP contribution in [0.25, 0.3) is 0 Å². The summed E-state index contributed by atoms with van der Waals surface area (Å²) in [4.78, 5) is 25.4. The Bertz CT molecular complexity index is 553. The molecular formula is C17H23NO3. The Kier molecular flexibility index (Phi) is 4.66. The minimum atomic E-state index is -0.894. The van der Waals surface area contributed by atoms with Crippen molar-refractivity contribution >= 4 is 11.9 Å². The van der Waals surface area contributed by atoms with Crippen LogP contribution in [0, 0.1) is 19.8 Å². The summed E-state index contributed by atoms with van der Waals surface area (Å²) < 4.78 is 0. The number of nitrogens with zero attached hydrogens (tertiary/aromatic N) is 1. The summed E-state index contributed by atoms with van der Waals surface area (Å²) in [7, 11) is 0. The number of likely N-dealkylation sites (tertiary alicyclic amines) is 1. The minimum absolute atomic E-state index is 0.0856. The molecule has 0 radical (unpaired) electrons. The highest BCUT2D eigenvalue weighted by atomic mass is 16.4. The first-order chi connectivity index (χ1) is 9.88. The highest BCUT2D eigenvalue weighted by molar-refractivity contribution is 5.85. The fourth-order valence-electron chi connectivity index (χ4n) is 2.86. The zero-order valence-electron chi connectivity index (χ0n) is 12.9. The van der Waals surface area contributed by atoms with Gasteiger partial charge in [0.1, 0.15) is 6.04 Å². The van der Waals surface area contributed by atoms with Crippen molar-refractivity contribution in [2.75, 3.05) is 6.54 Å². The summed E-state index contributed by atoms with van der Waals surface area (Å²) in [6.07, 6.45) is 1.70. The number of benzene rings is 1. The van der Waals surface area contributed by atoms with Crippen LogP contribution < -0.4 is 0 Å². The van der Waals surface area contributed by atoms with E-state index in [1.54, 1.807) is 0 Å². The predicted molar refractivity (Wildman–Crippen MR) is 81.2 cm³/mol. The first-order valence-electron chi connectivity index (χ1n) is 7.47. The fourth-order valence-corrected chi connectivity index (χ4v) is 2.86. The molecule has 1 N–H and O–H groups in total. The molecule has 114 valence electrons. The van der Waals surface area contributed by atoms with E-state index in [0.29, 0.717) is 18.9 Å². The zero-order chi connectivity index (χ0) is 15.6. The molecule has 0 bridgehead atoms. The van der Waals surface area contributed by atoms with Crippen LogP contribution >= 0.6 is 0 Å². The van der Waals surface area contributed by atoms with E-state index >= 15 is 0 Å². The maximum atomic E-state index is 12.4. The first kappa shape index (κ1) is 15.5. The molecule has 2 unspecified atom stereocenters. The van der Waals surface area contributed by atoms with Gasteiger partial charge in [-0.2, -0.15) is 0 Å². The van der Waals surface area contributed by atoms with Gasteiger partial charge in [0.25, 0.3) is 0 Å². The lowest BCUT2D eigenvalue weighted by Gasteiger charge is -2.36. The molecule has 0 aromatic heterocycles. The number of aryl methyl sites for hydroxylation is 2. The SMILES string of the molecule is Cc1ccc(CC(=O)N2CCC(C)CC2C(=O)O)cc1C. The standard InChI is InChI=1S/C17H23NO3/c1-11-6-7-18(15(8-11)17(20)21)16(19)10-14-5-4-12(2)13(3)9-14/h4-5,9,11,15H,6-8,10H2,1-3H3,(H,20,21). The van der Waals surface area contributed by atoms with Crippen molar-refractivity contribution in [1.29, 1.82) is 0 Å². The van der Waals surface area contributed by atoms with Gasteiger partial charge in [-0.1, -0.05) is 25.1 Å². The minimum Gasteiger partial charge on any atom is -0.480 e. The number of carboxylic acid groups (broad SMARTS) is 1. The average molecular weight is 289 g/mol. The van der Waals surface area contributed by atoms with E-state index in [1.807, 2.05) is 39.0 Å². The van der Waals surface area contributed by atoms with E-state index in [1.165, 1.54) is 10.5 Å². The number of carbonyl (C=O) groups excluding carboxylic acids is 1. The molecule has 21 heavy (non-hydrogen) atoms. The number of piperidine rings is 1. The smallest absolute Gasteiger partial charge is 0.326 e. The maximum Gasteiger partial charge on any atom is 0.326 e. The van der Waals surface area contributed by atoms with Crippen molar-refractivity contribution in [3.8, 4) is 0 Å². The lowest BCUT2D eigenvalue weighted by atomic mass is 9.92. The summed E-state index contributed by atoms with van der Waals surface area (Å²) >= 11 is 0. The second-order valence-corrected chi connectivity index (χ2v) is 6.17. The second kappa shape index (κ2) is 6.29. The van der Waals surface area contributed by atoms with Crippen LogP contribution in [0.1, 0.15) is 36.5 Å². The van der Waals surface area contributed by atoms with E-state index < -0.39 is 12.0 Å². The van der Waals surface area contributed by atoms with Crippen LogP contribution in [-0.4, -0.2) is 34.5 Å². The summed E-state index contributed by atoms with van der Waals surface area (Å²) in [5.41, 5.74) is 3.30. The van der Waals surface area contributed by atoms with Gasteiger partial charge in [0, 0.05) is 6.54 Å². The topological polar surface area (TPSA) is 57.6 Å². The van der Waals surface area contributed by atoms with Crippen molar-refractivity contribution in [2.45, 2.75) is 46.1 Å². The second-order valence-electron chi connectivity index (χ2n) is 6.17. The van der Waals surface area contributed by atoms with E-state index in [0.717, 1.165) is 17.5 Å². The highest BCUT2D eigenvalue weighted by Crippen LogP contribution is 2.23. The molecule has 0 saturated carbocycles. The molecule has 1 aliphatic rings. The van der Waals surface area contributed by atoms with Crippen LogP contribution in [0.2, 0.25) is 0 Å². The molecule has 1 amide bonds. The number of hydrogen-bond acceptors (Lipinski definition) is 2. The van der Waals surface area contributed by atoms with Gasteiger partial charge < -0.3 is 10.0 Å². The Morgan fingerprint density at radius 2 is 2.00 bits per heavy atom. The number of aliphatic carboxylic acids is 1. The molecule has 1 heterocycles. The van der Waals surface area contributed by atoms with E-state index in [-0.39, 0.29) is 12.3 Å². The molecule has 1 saturated heterocycles. The number of carboxylic acids is 1. The van der Waals surface area contributed by atoms with Crippen molar-refractivity contribution in [2.24, 2.45) is 5.92 Å². The number of rotatable bonds is 3. The number of amides is 1. The molecule has 1 aromatic rings. The van der Waals surface area contributed by atoms with Gasteiger partial charge in [0.15, 0.2) is 0 Å². The van der Waals surface area contributed by atoms with Gasteiger partial charge in [-0.25, -0.2) is 4.79 Å². The third kappa shape index (κ3) is 3.63. The third-order valence-electron chi connectivity index (χ3n) is 4.40. The summed E-state index contributed by atoms with van der Waals surface area (Å²) in [5.74, 6) is -0.621. The number of carbonyl (C=O) groups is 2. The average Bonchev–Trinajstić information content (AvgIpc) is 2.42. The summed E-state index contributed by atoms with van der Waals surface area (Å²) in [6, 6.07) is 5.29. The van der Waals surface area contributed by atoms with Gasteiger partial charge in [0.05, 0.1) is 6.42 Å². The van der Waals surface area contributed by atoms with Gasteiger partial charge in [-0.15, -0.1) is 0 Å². The molecule has 1 aliphatic heterocycles. The van der Waals surface area contributed by atoms with E-state index in [9.17, 15) is 14.7 Å². The predicted octanol–water partition coefficient (Wildman–Crippen LogP) is 2.56. The molecule has 2 rings (SSSR count). The van der Waals surface area contributed by atoms with Crippen LogP contribution in [0.4, 0.5) is 0 Å². The maximum absolute atomic E-state index is 12.4. The van der Waals surface area contributed by atoms with Crippen molar-refractivity contribution in [1.82, 2.24) is 4.90 Å². The Morgan fingerprint density at radius 3 is 2.62 bits per heavy atom. The summed E-state index contributed by atoms with van der Waals surface area (Å²) in [5, 5.41) is 9.33.